The Bertz CT molecular complexity index is 697. The summed E-state index contributed by atoms with van der Waals surface area (Å²) in [4.78, 5) is 33.3. The molecule has 0 saturated carbocycles. The minimum absolute atomic E-state index is 0.134. The summed E-state index contributed by atoms with van der Waals surface area (Å²) < 4.78 is 5.48. The maximum atomic E-state index is 13.0. The van der Waals surface area contributed by atoms with E-state index in [1.165, 1.54) is 6.42 Å². The second-order valence-electron chi connectivity index (χ2n) is 8.11. The third-order valence-electron chi connectivity index (χ3n) is 4.48. The number of piperazine rings is 2. The van der Waals surface area contributed by atoms with Crippen LogP contribution in [-0.2, 0) is 9.53 Å². The zero-order valence-corrected chi connectivity index (χ0v) is 19.5. The van der Waals surface area contributed by atoms with Crippen LogP contribution in [0.3, 0.4) is 0 Å². The van der Waals surface area contributed by atoms with Crippen LogP contribution in [-0.4, -0.2) is 58.4 Å². The highest BCUT2D eigenvalue weighted by molar-refractivity contribution is 6.30. The zero-order valence-electron chi connectivity index (χ0n) is 18.8. The molecule has 0 aromatic heterocycles. The van der Waals surface area contributed by atoms with E-state index < -0.39 is 17.2 Å². The molecule has 0 spiro atoms. The highest BCUT2D eigenvalue weighted by Gasteiger charge is 2.53. The summed E-state index contributed by atoms with van der Waals surface area (Å²) in [6, 6.07) is 0. The van der Waals surface area contributed by atoms with Gasteiger partial charge in [-0.25, -0.2) is 9.79 Å². The molecule has 2 saturated heterocycles. The summed E-state index contributed by atoms with van der Waals surface area (Å²) >= 11 is 5.91. The van der Waals surface area contributed by atoms with Crippen molar-refractivity contribution in [1.82, 2.24) is 15.1 Å². The predicted molar refractivity (Wildman–Crippen MR) is 118 cm³/mol. The van der Waals surface area contributed by atoms with Gasteiger partial charge < -0.3 is 19.9 Å². The Balaban J connectivity index is 0.00000132. The average Bonchev–Trinajstić information content (AvgIpc) is 2.62. The topological polar surface area (TPSA) is 74.2 Å². The summed E-state index contributed by atoms with van der Waals surface area (Å²) in [5.74, 6) is 0.401. The number of halogens is 1. The number of amides is 2. The minimum Gasteiger partial charge on any atom is -0.444 e. The Labute approximate surface area is 179 Å². The lowest BCUT2D eigenvalue weighted by molar-refractivity contribution is -0.135. The molecule has 164 valence electrons. The highest BCUT2D eigenvalue weighted by Crippen LogP contribution is 2.32. The third kappa shape index (κ3) is 5.98. The molecular weight excluding hydrogens is 392 g/mol. The maximum absolute atomic E-state index is 13.0. The number of aliphatic imine (C=N–C) groups is 1. The summed E-state index contributed by atoms with van der Waals surface area (Å²) in [5.41, 5.74) is -0.928. The van der Waals surface area contributed by atoms with Gasteiger partial charge in [0.15, 0.2) is 5.84 Å². The summed E-state index contributed by atoms with van der Waals surface area (Å²) in [5, 5.41) is 3.03. The Morgan fingerprint density at radius 2 is 1.93 bits per heavy atom. The molecule has 2 heterocycles. The molecule has 0 aromatic carbocycles. The zero-order chi connectivity index (χ0) is 22.4. The minimum atomic E-state index is -0.924. The van der Waals surface area contributed by atoms with Crippen molar-refractivity contribution >= 4 is 29.4 Å². The molecule has 1 unspecified atom stereocenters. The van der Waals surface area contributed by atoms with Gasteiger partial charge in [-0.1, -0.05) is 51.4 Å². The molecule has 2 fully saturated rings. The lowest BCUT2D eigenvalue weighted by atomic mass is 9.86. The summed E-state index contributed by atoms with van der Waals surface area (Å²) in [6.45, 7) is 18.2. The fourth-order valence-corrected chi connectivity index (χ4v) is 3.32. The second-order valence-corrected chi connectivity index (χ2v) is 8.55. The monoisotopic (exact) mass is 426 g/mol. The molecule has 0 aromatic rings. The number of nitrogens with one attached hydrogen (secondary N) is 1. The van der Waals surface area contributed by atoms with Gasteiger partial charge in [0.05, 0.1) is 12.2 Å². The van der Waals surface area contributed by atoms with Crippen LogP contribution in [0.15, 0.2) is 28.5 Å². The van der Waals surface area contributed by atoms with E-state index >= 15 is 0 Å². The summed E-state index contributed by atoms with van der Waals surface area (Å²) in [7, 11) is 0. The van der Waals surface area contributed by atoms with Crippen LogP contribution >= 0.6 is 11.6 Å². The van der Waals surface area contributed by atoms with Gasteiger partial charge >= 0.3 is 6.09 Å². The lowest BCUT2D eigenvalue weighted by Gasteiger charge is -2.53. The van der Waals surface area contributed by atoms with Gasteiger partial charge in [0.25, 0.3) is 5.91 Å². The third-order valence-corrected chi connectivity index (χ3v) is 4.57. The van der Waals surface area contributed by atoms with Gasteiger partial charge in [-0.05, 0) is 34.1 Å². The van der Waals surface area contributed by atoms with Crippen molar-refractivity contribution < 1.29 is 14.3 Å². The van der Waals surface area contributed by atoms with Crippen molar-refractivity contribution in [2.75, 3.05) is 19.6 Å². The van der Waals surface area contributed by atoms with Crippen LogP contribution in [0, 0.1) is 0 Å². The van der Waals surface area contributed by atoms with Gasteiger partial charge in [-0.2, -0.15) is 0 Å². The molecule has 2 aliphatic rings. The number of amidine groups is 1. The summed E-state index contributed by atoms with van der Waals surface area (Å²) in [6.07, 6.45) is 3.11. The first-order valence-electron chi connectivity index (χ1n) is 10.1. The highest BCUT2D eigenvalue weighted by atomic mass is 35.5. The number of rotatable bonds is 2. The first kappa shape index (κ1) is 25.0. The Hall–Kier alpha value is -2.02. The number of hydrogen-bond acceptors (Lipinski definition) is 4. The quantitative estimate of drug-likeness (QED) is 0.670. The molecule has 0 aliphatic carbocycles. The van der Waals surface area contributed by atoms with Gasteiger partial charge in [0, 0.05) is 13.1 Å². The molecule has 8 heteroatoms. The molecule has 0 radical (unpaired) electrons. The molecule has 7 nitrogen and oxygen atoms in total. The second kappa shape index (κ2) is 10.1. The van der Waals surface area contributed by atoms with Crippen LogP contribution in [0.4, 0.5) is 4.79 Å². The largest absolute Gasteiger partial charge is 0.444 e. The van der Waals surface area contributed by atoms with Crippen molar-refractivity contribution in [3.63, 3.8) is 0 Å². The fraction of sp³-hybridized carbons (Fsp3) is 0.667. The van der Waals surface area contributed by atoms with Crippen molar-refractivity contribution in [2.24, 2.45) is 4.99 Å². The molecule has 2 amide bonds. The SMILES string of the molecule is C=C(Cl)/N=C1\C(=C/C)NC(=O)C2(CC)CN(C(=O)OC(C)(C)C)CCN12.CCC. The molecule has 1 N–H and O–H groups in total. The van der Waals surface area contributed by atoms with E-state index in [9.17, 15) is 9.59 Å². The Morgan fingerprint density at radius 3 is 2.38 bits per heavy atom. The fourth-order valence-electron chi connectivity index (χ4n) is 3.24. The lowest BCUT2D eigenvalue weighted by Crippen LogP contribution is -2.74. The molecule has 29 heavy (non-hydrogen) atoms. The van der Waals surface area contributed by atoms with Gasteiger partial charge in [0.2, 0.25) is 0 Å². The standard InChI is InChI=1S/C18H27ClN4O3.C3H8/c1-7-13-14(20-12(3)19)23-10-9-22(16(25)26-17(4,5)6)11-18(23,8-2)15(24)21-13;1-3-2/h7H,3,8-11H2,1-2,4-6H3,(H,21,24);3H2,1-2H3/b13-7+,20-14+;. The van der Waals surface area contributed by atoms with Crippen molar-refractivity contribution in [3.8, 4) is 0 Å². The number of carbonyl (C=O) groups excluding carboxylic acids is 2. The van der Waals surface area contributed by atoms with E-state index in [0.717, 1.165) is 0 Å². The average molecular weight is 427 g/mol. The number of ether oxygens (including phenoxy) is 1. The smallest absolute Gasteiger partial charge is 0.410 e. The van der Waals surface area contributed by atoms with Crippen LogP contribution < -0.4 is 5.32 Å². The van der Waals surface area contributed by atoms with Crippen LogP contribution in [0.25, 0.3) is 0 Å². The molecule has 2 rings (SSSR count). The van der Waals surface area contributed by atoms with Gasteiger partial charge in [-0.3, -0.25) is 4.79 Å². The first-order valence-corrected chi connectivity index (χ1v) is 10.5. The van der Waals surface area contributed by atoms with Crippen molar-refractivity contribution in [3.05, 3.63) is 23.5 Å². The van der Waals surface area contributed by atoms with E-state index in [2.05, 4.69) is 30.7 Å². The van der Waals surface area contributed by atoms with E-state index in [-0.39, 0.29) is 17.6 Å². The molecule has 2 aliphatic heterocycles. The maximum Gasteiger partial charge on any atom is 0.410 e. The number of nitrogens with zero attached hydrogens (tertiary/aromatic N) is 3. The first-order chi connectivity index (χ1) is 13.5. The van der Waals surface area contributed by atoms with Crippen LogP contribution in [0.5, 0.6) is 0 Å². The number of fused-ring (bicyclic) bond motifs is 1. The van der Waals surface area contributed by atoms with Gasteiger partial charge in [-0.15, -0.1) is 0 Å². The predicted octanol–water partition coefficient (Wildman–Crippen LogP) is 4.25. The number of hydrogen-bond donors (Lipinski definition) is 1. The Morgan fingerprint density at radius 1 is 1.34 bits per heavy atom. The number of carbonyl (C=O) groups is 2. The van der Waals surface area contributed by atoms with Crippen molar-refractivity contribution in [1.29, 1.82) is 0 Å². The van der Waals surface area contributed by atoms with Crippen LogP contribution in [0.1, 0.15) is 61.3 Å². The normalized spacial score (nSPS) is 24.5. The molecule has 1 atom stereocenters. The van der Waals surface area contributed by atoms with Crippen molar-refractivity contribution in [2.45, 2.75) is 72.4 Å². The van der Waals surface area contributed by atoms with E-state index in [1.807, 2.05) is 39.5 Å². The van der Waals surface area contributed by atoms with E-state index in [0.29, 0.717) is 31.0 Å². The van der Waals surface area contributed by atoms with E-state index in [4.69, 9.17) is 16.3 Å². The number of allylic oxidation sites excluding steroid dienone is 1. The molecule has 0 bridgehead atoms. The molecular formula is C21H35ClN4O3. The van der Waals surface area contributed by atoms with Gasteiger partial charge in [0.1, 0.15) is 16.3 Å². The van der Waals surface area contributed by atoms with Crippen LogP contribution in [0.2, 0.25) is 0 Å². The Kier molecular flexibility index (Phi) is 8.75. The van der Waals surface area contributed by atoms with E-state index in [1.54, 1.807) is 11.0 Å².